The highest BCUT2D eigenvalue weighted by Gasteiger charge is 2.28. The molecule has 1 saturated heterocycles. The Morgan fingerprint density at radius 1 is 1.20 bits per heavy atom. The minimum Gasteiger partial charge on any atom is -0.379 e. The number of hydrogen-bond donors (Lipinski definition) is 1. The van der Waals surface area contributed by atoms with Crippen LogP contribution in [0.1, 0.15) is 12.8 Å². The van der Waals surface area contributed by atoms with Gasteiger partial charge in [-0.2, -0.15) is 5.10 Å². The minimum atomic E-state index is -0.163. The van der Waals surface area contributed by atoms with Crippen LogP contribution in [0, 0.1) is 0 Å². The molecule has 1 aromatic carbocycles. The molecule has 0 aliphatic carbocycles. The van der Waals surface area contributed by atoms with Crippen LogP contribution in [0.15, 0.2) is 30.3 Å². The summed E-state index contributed by atoms with van der Waals surface area (Å²) in [6, 6.07) is 9.27. The molecule has 0 bridgehead atoms. The number of ether oxygens (including phenoxy) is 1. The number of carbonyl (C=O) groups is 2. The van der Waals surface area contributed by atoms with Gasteiger partial charge in [-0.15, -0.1) is 0 Å². The Balaban J connectivity index is 1.35. The summed E-state index contributed by atoms with van der Waals surface area (Å²) in [7, 11) is 0. The van der Waals surface area contributed by atoms with Gasteiger partial charge in [0.1, 0.15) is 12.4 Å². The van der Waals surface area contributed by atoms with E-state index in [9.17, 15) is 9.59 Å². The van der Waals surface area contributed by atoms with Gasteiger partial charge in [-0.25, -0.2) is 4.68 Å². The Hall–Kier alpha value is -2.42. The van der Waals surface area contributed by atoms with Crippen molar-refractivity contribution in [2.75, 3.05) is 50.8 Å². The first-order valence-corrected chi connectivity index (χ1v) is 10.7. The smallest absolute Gasteiger partial charge is 0.240 e. The Labute approximate surface area is 180 Å². The molecule has 0 saturated carbocycles. The van der Waals surface area contributed by atoms with Crippen LogP contribution in [0.5, 0.6) is 0 Å². The van der Waals surface area contributed by atoms with E-state index in [0.717, 1.165) is 50.5 Å². The minimum absolute atomic E-state index is 0.00291. The molecule has 0 unspecified atom stereocenters. The molecule has 1 N–H and O–H groups in total. The maximum atomic E-state index is 12.5. The topological polar surface area (TPSA) is 79.7 Å². The molecule has 2 amide bonds. The van der Waals surface area contributed by atoms with E-state index in [-0.39, 0.29) is 18.4 Å². The molecule has 2 aliphatic heterocycles. The monoisotopic (exact) mass is 431 g/mol. The van der Waals surface area contributed by atoms with E-state index in [1.807, 2.05) is 24.3 Å². The molecular weight excluding hydrogens is 406 g/mol. The normalized spacial score (nSPS) is 17.1. The zero-order valence-corrected chi connectivity index (χ0v) is 17.6. The standard InChI is InChI=1S/C21H26ClN5O3/c22-17-4-1-3-16(13-17)18-14-20-26(21(29)5-8-27(20)24-18)15-19(28)23-6-2-7-25-9-11-30-12-10-25/h1,3-4,13-14H,2,5-12,15H2,(H,23,28). The summed E-state index contributed by atoms with van der Waals surface area (Å²) in [5.41, 5.74) is 1.61. The van der Waals surface area contributed by atoms with Crippen LogP contribution in [0.2, 0.25) is 5.02 Å². The Bertz CT molecular complexity index is 910. The van der Waals surface area contributed by atoms with Crippen molar-refractivity contribution in [3.63, 3.8) is 0 Å². The summed E-state index contributed by atoms with van der Waals surface area (Å²) < 4.78 is 7.12. The van der Waals surface area contributed by atoms with Crippen molar-refractivity contribution in [2.45, 2.75) is 19.4 Å². The van der Waals surface area contributed by atoms with Crippen molar-refractivity contribution in [3.05, 3.63) is 35.4 Å². The first kappa shape index (κ1) is 20.8. The van der Waals surface area contributed by atoms with E-state index in [4.69, 9.17) is 16.3 Å². The van der Waals surface area contributed by atoms with Crippen LogP contribution in [-0.4, -0.2) is 72.4 Å². The van der Waals surface area contributed by atoms with E-state index in [2.05, 4.69) is 15.3 Å². The summed E-state index contributed by atoms with van der Waals surface area (Å²) in [4.78, 5) is 28.8. The fourth-order valence-electron chi connectivity index (χ4n) is 3.77. The summed E-state index contributed by atoms with van der Waals surface area (Å²) in [5, 5.41) is 8.15. The van der Waals surface area contributed by atoms with E-state index in [1.54, 1.807) is 10.7 Å². The zero-order valence-electron chi connectivity index (χ0n) is 16.8. The molecule has 2 aromatic rings. The quantitative estimate of drug-likeness (QED) is 0.676. The van der Waals surface area contributed by atoms with Crippen LogP contribution in [-0.2, 0) is 20.9 Å². The molecule has 9 heteroatoms. The predicted molar refractivity (Wildman–Crippen MR) is 115 cm³/mol. The number of aryl methyl sites for hydroxylation is 1. The summed E-state index contributed by atoms with van der Waals surface area (Å²) in [6.07, 6.45) is 1.20. The average Bonchev–Trinajstić information content (AvgIpc) is 3.19. The fraction of sp³-hybridized carbons (Fsp3) is 0.476. The molecule has 0 spiro atoms. The van der Waals surface area contributed by atoms with Gasteiger partial charge >= 0.3 is 0 Å². The zero-order chi connectivity index (χ0) is 20.9. The number of fused-ring (bicyclic) bond motifs is 1. The number of morpholine rings is 1. The SMILES string of the molecule is O=C(CN1C(=O)CCn2nc(-c3cccc(Cl)c3)cc21)NCCCN1CCOCC1. The molecule has 0 atom stereocenters. The highest BCUT2D eigenvalue weighted by Crippen LogP contribution is 2.29. The van der Waals surface area contributed by atoms with E-state index < -0.39 is 0 Å². The van der Waals surface area contributed by atoms with Gasteiger partial charge in [0.25, 0.3) is 0 Å². The van der Waals surface area contributed by atoms with Gasteiger partial charge in [-0.05, 0) is 25.1 Å². The third-order valence-corrected chi connectivity index (χ3v) is 5.61. The third kappa shape index (κ3) is 5.00. The van der Waals surface area contributed by atoms with Crippen LogP contribution in [0.3, 0.4) is 0 Å². The number of amides is 2. The van der Waals surface area contributed by atoms with Crippen molar-refractivity contribution < 1.29 is 14.3 Å². The maximum absolute atomic E-state index is 12.5. The lowest BCUT2D eigenvalue weighted by atomic mass is 10.1. The summed E-state index contributed by atoms with van der Waals surface area (Å²) in [6.45, 7) is 5.45. The third-order valence-electron chi connectivity index (χ3n) is 5.37. The molecule has 1 fully saturated rings. The second kappa shape index (κ2) is 9.59. The van der Waals surface area contributed by atoms with Crippen molar-refractivity contribution in [3.8, 4) is 11.3 Å². The highest BCUT2D eigenvalue weighted by atomic mass is 35.5. The highest BCUT2D eigenvalue weighted by molar-refractivity contribution is 6.30. The van der Waals surface area contributed by atoms with Gasteiger partial charge in [0.05, 0.1) is 25.5 Å². The molecule has 3 heterocycles. The van der Waals surface area contributed by atoms with Crippen LogP contribution >= 0.6 is 11.6 Å². The summed E-state index contributed by atoms with van der Waals surface area (Å²) in [5.74, 6) is 0.414. The van der Waals surface area contributed by atoms with Crippen molar-refractivity contribution >= 4 is 29.2 Å². The molecule has 30 heavy (non-hydrogen) atoms. The number of carbonyl (C=O) groups excluding carboxylic acids is 2. The first-order chi connectivity index (χ1) is 14.6. The maximum Gasteiger partial charge on any atom is 0.240 e. The van der Waals surface area contributed by atoms with Crippen LogP contribution in [0.4, 0.5) is 5.82 Å². The van der Waals surface area contributed by atoms with Gasteiger partial charge in [-0.1, -0.05) is 23.7 Å². The molecule has 160 valence electrons. The molecule has 4 rings (SSSR count). The molecule has 2 aliphatic rings. The van der Waals surface area contributed by atoms with Gasteiger partial charge in [0.2, 0.25) is 11.8 Å². The number of nitrogens with one attached hydrogen (secondary N) is 1. The predicted octanol–water partition coefficient (Wildman–Crippen LogP) is 1.78. The molecule has 0 radical (unpaired) electrons. The van der Waals surface area contributed by atoms with Crippen LogP contribution in [0.25, 0.3) is 11.3 Å². The van der Waals surface area contributed by atoms with Crippen LogP contribution < -0.4 is 10.2 Å². The number of nitrogens with zero attached hydrogens (tertiary/aromatic N) is 4. The van der Waals surface area contributed by atoms with Crippen molar-refractivity contribution in [1.82, 2.24) is 20.0 Å². The first-order valence-electron chi connectivity index (χ1n) is 10.3. The second-order valence-electron chi connectivity index (χ2n) is 7.51. The number of benzene rings is 1. The number of aromatic nitrogens is 2. The average molecular weight is 432 g/mol. The van der Waals surface area contributed by atoms with Gasteiger partial charge < -0.3 is 10.1 Å². The number of rotatable bonds is 7. The molecular formula is C21H26ClN5O3. The molecule has 8 nitrogen and oxygen atoms in total. The van der Waals surface area contributed by atoms with Gasteiger partial charge in [-0.3, -0.25) is 19.4 Å². The number of anilines is 1. The molecule has 1 aromatic heterocycles. The lowest BCUT2D eigenvalue weighted by molar-refractivity contribution is -0.124. The van der Waals surface area contributed by atoms with E-state index in [1.165, 1.54) is 4.90 Å². The Morgan fingerprint density at radius 2 is 2.03 bits per heavy atom. The fourth-order valence-corrected chi connectivity index (χ4v) is 3.96. The van der Waals surface area contributed by atoms with Crippen molar-refractivity contribution in [2.24, 2.45) is 0 Å². The van der Waals surface area contributed by atoms with E-state index in [0.29, 0.717) is 30.4 Å². The van der Waals surface area contributed by atoms with Gasteiger partial charge in [0.15, 0.2) is 0 Å². The largest absolute Gasteiger partial charge is 0.379 e. The Morgan fingerprint density at radius 3 is 2.83 bits per heavy atom. The Kier molecular flexibility index (Phi) is 6.66. The second-order valence-corrected chi connectivity index (χ2v) is 7.95. The van der Waals surface area contributed by atoms with E-state index >= 15 is 0 Å². The lowest BCUT2D eigenvalue weighted by Crippen LogP contribution is -2.45. The number of hydrogen-bond acceptors (Lipinski definition) is 5. The number of halogens is 1. The van der Waals surface area contributed by atoms with Crippen molar-refractivity contribution in [1.29, 1.82) is 0 Å². The lowest BCUT2D eigenvalue weighted by Gasteiger charge is -2.27. The van der Waals surface area contributed by atoms with Gasteiger partial charge in [0, 0.05) is 42.7 Å². The summed E-state index contributed by atoms with van der Waals surface area (Å²) >= 11 is 6.09.